The number of nitrogens with zero attached hydrogens (tertiary/aromatic N) is 6. The Kier molecular flexibility index (Phi) is 34.0. The minimum atomic E-state index is 0.582. The Morgan fingerprint density at radius 1 is 0.125 bits per heavy atom. The van der Waals surface area contributed by atoms with Crippen molar-refractivity contribution in [2.45, 2.75) is 273 Å². The highest BCUT2D eigenvalue weighted by Gasteiger charge is 2.27. The number of aromatic nitrogens is 6. The van der Waals surface area contributed by atoms with Crippen LogP contribution in [0.3, 0.4) is 0 Å². The molecule has 144 heavy (non-hydrogen) atoms. The molecule has 0 saturated heterocycles. The van der Waals surface area contributed by atoms with Gasteiger partial charge in [0.1, 0.15) is 67.6 Å². The van der Waals surface area contributed by atoms with Crippen LogP contribution in [0.25, 0.3) is 198 Å². The van der Waals surface area contributed by atoms with E-state index in [9.17, 15) is 0 Å². The van der Waals surface area contributed by atoms with E-state index in [0.29, 0.717) is 72.7 Å². The molecule has 0 aliphatic heterocycles. The van der Waals surface area contributed by atoms with Gasteiger partial charge in [0.2, 0.25) is 0 Å². The van der Waals surface area contributed by atoms with Crippen LogP contribution in [0.2, 0.25) is 0 Å². The third-order valence-corrected chi connectivity index (χ3v) is 29.6. The van der Waals surface area contributed by atoms with Crippen LogP contribution in [0.4, 0.5) is 0 Å². The predicted octanol–water partition coefficient (Wildman–Crippen LogP) is 38.3. The standard InChI is InChI=1S/C132H144N6O6/c1-7-13-19-25-31-37-79-139-103-61-43-91(44-62-103)97-55-73-109-115(85-97)116-86-98(92-45-63-104(64-46-92)140-80-38-32-26-20-14-8-2)56-74-110(116)122-121(109)133-127-128(134-122)130-132(138-126-114-78-60-102(96-53-71-108(72-54-96)144-84-42-36-30-24-18-12-6)90-120(114)119-89-101(59-77-113(119)125(126)136-130)95-51-69-107(70-52-95)143-83-41-35-29-23-17-11-5)131-129(127)135-123-111-75-57-99(93-47-65-105(66-48-93)141-81-39-33-27-21-15-9-3)87-117(111)118-88-100(58-76-112(118)124(123)137-131)94-49-67-106(68-50-94)142-82-40-34-28-22-16-10-4/h43-78,85-90H,7-42,79-84H2,1-6H3. The van der Waals surface area contributed by atoms with Crippen molar-refractivity contribution < 1.29 is 28.4 Å². The van der Waals surface area contributed by atoms with Gasteiger partial charge in [-0.2, -0.15) is 0 Å². The molecule has 738 valence electrons. The van der Waals surface area contributed by atoms with Crippen LogP contribution >= 0.6 is 0 Å². The van der Waals surface area contributed by atoms with Gasteiger partial charge in [0, 0.05) is 32.3 Å². The minimum absolute atomic E-state index is 0.582. The molecule has 0 bridgehead atoms. The zero-order valence-electron chi connectivity index (χ0n) is 86.1. The fourth-order valence-electron chi connectivity index (χ4n) is 21.2. The van der Waals surface area contributed by atoms with Crippen LogP contribution in [0, 0.1) is 0 Å². The summed E-state index contributed by atoms with van der Waals surface area (Å²) in [6.45, 7) is 17.8. The van der Waals surface area contributed by atoms with Crippen molar-refractivity contribution in [1.29, 1.82) is 0 Å². The van der Waals surface area contributed by atoms with Crippen LogP contribution in [0.5, 0.6) is 34.5 Å². The Morgan fingerprint density at radius 3 is 0.389 bits per heavy atom. The first-order valence-corrected chi connectivity index (χ1v) is 55.2. The SMILES string of the molecule is CCCCCCCCOc1ccc(-c2ccc3c(c2)c2cc(-c4ccc(OCCCCCCCC)cc4)ccc2c2nc4c(nc32)c2nc3c5ccc(-c6ccc(OCCCCCCCC)cc6)cc5c5cc(-c6ccc(OCCCCCCCC)cc6)ccc5c3nc2c2nc3c5ccc(-c6ccc(OCCCCCCCC)cc6)cc5c5cc(-c6ccc(OCCCCCCCC)cc6)ccc5c3nc42)cc1. The third kappa shape index (κ3) is 23.5. The van der Waals surface area contributed by atoms with Crippen molar-refractivity contribution in [1.82, 2.24) is 29.9 Å². The van der Waals surface area contributed by atoms with Crippen LogP contribution < -0.4 is 28.4 Å². The molecule has 0 amide bonds. The second-order valence-corrected chi connectivity index (χ2v) is 40.3. The normalized spacial score (nSPS) is 11.9. The zero-order chi connectivity index (χ0) is 98.1. The van der Waals surface area contributed by atoms with Gasteiger partial charge in [0.05, 0.1) is 72.7 Å². The molecule has 0 unspecified atom stereocenters. The molecule has 0 N–H and O–H groups in total. The van der Waals surface area contributed by atoms with E-state index < -0.39 is 0 Å². The van der Waals surface area contributed by atoms with E-state index in [-0.39, 0.29) is 0 Å². The third-order valence-electron chi connectivity index (χ3n) is 29.6. The number of hydrogen-bond donors (Lipinski definition) is 0. The average Bonchev–Trinajstić information content (AvgIpc) is 0.691. The molecule has 12 nitrogen and oxygen atoms in total. The topological polar surface area (TPSA) is 133 Å². The van der Waals surface area contributed by atoms with Gasteiger partial charge in [-0.25, -0.2) is 29.9 Å². The second-order valence-electron chi connectivity index (χ2n) is 40.3. The quantitative estimate of drug-likeness (QED) is 0.0204. The maximum absolute atomic E-state index is 6.41. The summed E-state index contributed by atoms with van der Waals surface area (Å²) in [6, 6.07) is 93.1. The van der Waals surface area contributed by atoms with E-state index in [1.54, 1.807) is 0 Å². The molecule has 12 heteroatoms. The molecule has 0 spiro atoms. The van der Waals surface area contributed by atoms with Crippen LogP contribution in [-0.2, 0) is 0 Å². The number of fused-ring (bicyclic) bond motifs is 24. The van der Waals surface area contributed by atoms with Crippen molar-refractivity contribution >= 4 is 131 Å². The first-order chi connectivity index (χ1) is 71.2. The Balaban J connectivity index is 0.820. The summed E-state index contributed by atoms with van der Waals surface area (Å²) >= 11 is 0. The van der Waals surface area contributed by atoms with Crippen molar-refractivity contribution in [2.75, 3.05) is 39.6 Å². The van der Waals surface area contributed by atoms with E-state index in [0.717, 1.165) is 238 Å². The number of benzene rings is 16. The number of ether oxygens (including phenoxy) is 6. The lowest BCUT2D eigenvalue weighted by atomic mass is 9.92. The Morgan fingerprint density at radius 2 is 0.250 bits per heavy atom. The minimum Gasteiger partial charge on any atom is -0.494 e. The highest BCUT2D eigenvalue weighted by atomic mass is 16.5. The zero-order valence-corrected chi connectivity index (χ0v) is 86.1. The van der Waals surface area contributed by atoms with Gasteiger partial charge in [-0.15, -0.1) is 0 Å². The fourth-order valence-corrected chi connectivity index (χ4v) is 21.2. The van der Waals surface area contributed by atoms with E-state index in [2.05, 4.69) is 296 Å². The number of rotatable bonds is 54. The summed E-state index contributed by atoms with van der Waals surface area (Å²) in [5.41, 5.74) is 21.0. The van der Waals surface area contributed by atoms with Crippen LogP contribution in [0.15, 0.2) is 255 Å². The molecule has 3 aromatic heterocycles. The molecule has 0 aliphatic carbocycles. The maximum Gasteiger partial charge on any atom is 0.120 e. The summed E-state index contributed by atoms with van der Waals surface area (Å²) in [5.74, 6) is 5.27. The van der Waals surface area contributed by atoms with E-state index in [1.165, 1.54) is 193 Å². The molecule has 19 rings (SSSR count). The average molecular weight is 1910 g/mol. The largest absolute Gasteiger partial charge is 0.494 e. The molecule has 0 atom stereocenters. The van der Waals surface area contributed by atoms with Crippen molar-refractivity contribution in [3.63, 3.8) is 0 Å². The van der Waals surface area contributed by atoms with Gasteiger partial charge in [0.15, 0.2) is 0 Å². The van der Waals surface area contributed by atoms with Gasteiger partial charge in [0.25, 0.3) is 0 Å². The molecule has 19 aromatic rings. The molecule has 0 fully saturated rings. The summed E-state index contributed by atoms with van der Waals surface area (Å²) in [6.07, 6.45) is 43.6. The van der Waals surface area contributed by atoms with Crippen LogP contribution in [0.1, 0.15) is 273 Å². The molecule has 3 heterocycles. The molecular formula is C132H144N6O6. The van der Waals surface area contributed by atoms with Gasteiger partial charge in [-0.3, -0.25) is 0 Å². The summed E-state index contributed by atoms with van der Waals surface area (Å²) < 4.78 is 38.4. The predicted molar refractivity (Wildman–Crippen MR) is 609 cm³/mol. The monoisotopic (exact) mass is 1910 g/mol. The molecule has 16 aromatic carbocycles. The molecule has 0 radical (unpaired) electrons. The lowest BCUT2D eigenvalue weighted by Gasteiger charge is -2.17. The highest BCUT2D eigenvalue weighted by molar-refractivity contribution is 6.32. The smallest absolute Gasteiger partial charge is 0.120 e. The van der Waals surface area contributed by atoms with Gasteiger partial charge >= 0.3 is 0 Å². The lowest BCUT2D eigenvalue weighted by molar-refractivity contribution is 0.304. The summed E-state index contributed by atoms with van der Waals surface area (Å²) in [4.78, 5) is 36.8. The van der Waals surface area contributed by atoms with Crippen LogP contribution in [-0.4, -0.2) is 69.5 Å². The van der Waals surface area contributed by atoms with E-state index in [1.807, 2.05) is 0 Å². The van der Waals surface area contributed by atoms with Crippen molar-refractivity contribution in [3.05, 3.63) is 255 Å². The first kappa shape index (κ1) is 99.4. The van der Waals surface area contributed by atoms with E-state index in [4.69, 9.17) is 58.3 Å². The molecule has 0 saturated carbocycles. The van der Waals surface area contributed by atoms with E-state index >= 15 is 0 Å². The first-order valence-electron chi connectivity index (χ1n) is 55.2. The maximum atomic E-state index is 6.41. The van der Waals surface area contributed by atoms with Crippen molar-refractivity contribution in [3.8, 4) is 101 Å². The van der Waals surface area contributed by atoms with Crippen molar-refractivity contribution in [2.24, 2.45) is 0 Å². The van der Waals surface area contributed by atoms with Gasteiger partial charge < -0.3 is 28.4 Å². The highest BCUT2D eigenvalue weighted by Crippen LogP contribution is 2.47. The number of unbranched alkanes of at least 4 members (excludes halogenated alkanes) is 30. The Hall–Kier alpha value is -13.3. The lowest BCUT2D eigenvalue weighted by Crippen LogP contribution is -2.01. The Labute approximate surface area is 851 Å². The molecular weight excluding hydrogens is 1770 g/mol. The Bertz CT molecular complexity index is 6390. The molecule has 0 aliphatic rings. The number of hydrogen-bond acceptors (Lipinski definition) is 12. The van der Waals surface area contributed by atoms with Gasteiger partial charge in [-0.1, -0.05) is 380 Å². The summed E-state index contributed by atoms with van der Waals surface area (Å²) in [5, 5.41) is 12.1. The second kappa shape index (κ2) is 49.3. The summed E-state index contributed by atoms with van der Waals surface area (Å²) in [7, 11) is 0. The van der Waals surface area contributed by atoms with Gasteiger partial charge in [-0.05, 0) is 247 Å². The fraction of sp³-hybridized carbons (Fsp3) is 0.364.